The summed E-state index contributed by atoms with van der Waals surface area (Å²) in [6.07, 6.45) is 1.25. The van der Waals surface area contributed by atoms with E-state index >= 15 is 0 Å². The van der Waals surface area contributed by atoms with Gasteiger partial charge in [-0.3, -0.25) is 0 Å². The second-order valence-electron chi connectivity index (χ2n) is 6.73. The summed E-state index contributed by atoms with van der Waals surface area (Å²) in [5.41, 5.74) is 5.11. The van der Waals surface area contributed by atoms with E-state index in [0.717, 1.165) is 0 Å². The smallest absolute Gasteiger partial charge is 0.0178 e. The van der Waals surface area contributed by atoms with Gasteiger partial charge >= 0.3 is 0 Å². The van der Waals surface area contributed by atoms with E-state index in [-0.39, 0.29) is 0 Å². The quantitative estimate of drug-likeness (QED) is 0.331. The summed E-state index contributed by atoms with van der Waals surface area (Å²) in [7, 11) is 0.659. The van der Waals surface area contributed by atoms with Gasteiger partial charge in [0.15, 0.2) is 0 Å². The van der Waals surface area contributed by atoms with Crippen molar-refractivity contribution in [3.8, 4) is 22.3 Å². The predicted octanol–water partition coefficient (Wildman–Crippen LogP) is 7.07. The Balaban J connectivity index is 0.000000706. The summed E-state index contributed by atoms with van der Waals surface area (Å²) in [4.78, 5) is 0. The summed E-state index contributed by atoms with van der Waals surface area (Å²) in [6, 6.07) is 38.9. The van der Waals surface area contributed by atoms with E-state index in [2.05, 4.69) is 123 Å². The van der Waals surface area contributed by atoms with Crippen LogP contribution in [0.25, 0.3) is 22.3 Å². The monoisotopic (exact) mass is 382 g/mol. The molecule has 0 aromatic heterocycles. The third-order valence-electron chi connectivity index (χ3n) is 4.23. The fourth-order valence-corrected chi connectivity index (χ4v) is 4.13. The number of hydrogen-bond acceptors (Lipinski definition) is 0. The van der Waals surface area contributed by atoms with Crippen molar-refractivity contribution in [2.24, 2.45) is 0 Å². The molecule has 1 heteroatoms. The molecule has 28 heavy (non-hydrogen) atoms. The first-order valence-corrected chi connectivity index (χ1v) is 10.9. The largest absolute Gasteiger partial charge is 0.0656 e. The van der Waals surface area contributed by atoms with E-state index in [1.54, 1.807) is 0 Å². The van der Waals surface area contributed by atoms with Gasteiger partial charge in [-0.2, -0.15) is 0 Å². The standard InChI is InChI=1S/C24H19P.C3H8/c1-3-9-19(10-4-1)21-13-7-15-23(17-21)25-24-16-8-14-22(18-24)20-11-5-2-6-12-20;1-3-2/h1-18,25H;3H2,1-2H3. The van der Waals surface area contributed by atoms with Gasteiger partial charge in [0.1, 0.15) is 0 Å². The molecule has 0 heterocycles. The van der Waals surface area contributed by atoms with Crippen LogP contribution < -0.4 is 10.6 Å². The predicted molar refractivity (Wildman–Crippen MR) is 127 cm³/mol. The maximum Gasteiger partial charge on any atom is -0.0178 e. The van der Waals surface area contributed by atoms with Crippen molar-refractivity contribution in [2.45, 2.75) is 20.3 Å². The molecule has 140 valence electrons. The van der Waals surface area contributed by atoms with Crippen LogP contribution in [0.5, 0.6) is 0 Å². The van der Waals surface area contributed by atoms with E-state index in [1.807, 2.05) is 0 Å². The minimum Gasteiger partial charge on any atom is -0.0656 e. The molecule has 0 saturated heterocycles. The van der Waals surface area contributed by atoms with E-state index < -0.39 is 0 Å². The average molecular weight is 382 g/mol. The second kappa shape index (κ2) is 10.6. The molecule has 4 aromatic carbocycles. The fourth-order valence-electron chi connectivity index (χ4n) is 2.98. The van der Waals surface area contributed by atoms with Crippen molar-refractivity contribution in [3.63, 3.8) is 0 Å². The van der Waals surface area contributed by atoms with Crippen LogP contribution >= 0.6 is 8.58 Å². The average Bonchev–Trinajstić information content (AvgIpc) is 2.76. The lowest BCUT2D eigenvalue weighted by Gasteiger charge is -2.08. The number of rotatable bonds is 4. The van der Waals surface area contributed by atoms with Crippen molar-refractivity contribution >= 4 is 19.2 Å². The normalized spacial score (nSPS) is 10.1. The molecule has 0 bridgehead atoms. The Hall–Kier alpha value is -2.69. The number of hydrogen-bond donors (Lipinski definition) is 0. The van der Waals surface area contributed by atoms with E-state index in [9.17, 15) is 0 Å². The molecule has 0 nitrogen and oxygen atoms in total. The molecule has 0 aliphatic heterocycles. The second-order valence-corrected chi connectivity index (χ2v) is 8.13. The highest BCUT2D eigenvalue weighted by Crippen LogP contribution is 2.23. The first-order valence-electron chi connectivity index (χ1n) is 9.88. The Bertz CT molecular complexity index is 894. The zero-order chi connectivity index (χ0) is 19.6. The minimum atomic E-state index is 0.659. The zero-order valence-electron chi connectivity index (χ0n) is 16.6. The highest BCUT2D eigenvalue weighted by molar-refractivity contribution is 7.55. The van der Waals surface area contributed by atoms with E-state index in [1.165, 1.54) is 39.3 Å². The van der Waals surface area contributed by atoms with Crippen molar-refractivity contribution in [3.05, 3.63) is 109 Å². The molecule has 0 aliphatic rings. The molecule has 0 amide bonds. The molecular weight excluding hydrogens is 355 g/mol. The lowest BCUT2D eigenvalue weighted by Crippen LogP contribution is -2.03. The summed E-state index contributed by atoms with van der Waals surface area (Å²) in [5.74, 6) is 0. The van der Waals surface area contributed by atoms with Crippen LogP contribution in [0.15, 0.2) is 109 Å². The van der Waals surface area contributed by atoms with Gasteiger partial charge in [0.25, 0.3) is 0 Å². The molecular formula is C27H27P. The van der Waals surface area contributed by atoms with E-state index in [0.29, 0.717) is 8.58 Å². The Kier molecular flexibility index (Phi) is 7.59. The third-order valence-corrected chi connectivity index (χ3v) is 5.43. The van der Waals surface area contributed by atoms with Crippen LogP contribution in [0, 0.1) is 0 Å². The number of benzene rings is 4. The fraction of sp³-hybridized carbons (Fsp3) is 0.111. The molecule has 4 rings (SSSR count). The summed E-state index contributed by atoms with van der Waals surface area (Å²) < 4.78 is 0. The summed E-state index contributed by atoms with van der Waals surface area (Å²) in [5, 5.41) is 2.73. The molecule has 0 radical (unpaired) electrons. The van der Waals surface area contributed by atoms with Crippen molar-refractivity contribution < 1.29 is 0 Å². The molecule has 0 aliphatic carbocycles. The van der Waals surface area contributed by atoms with E-state index in [4.69, 9.17) is 0 Å². The summed E-state index contributed by atoms with van der Waals surface area (Å²) >= 11 is 0. The van der Waals surface area contributed by atoms with Crippen molar-refractivity contribution in [1.29, 1.82) is 0 Å². The van der Waals surface area contributed by atoms with Gasteiger partial charge in [-0.1, -0.05) is 126 Å². The molecule has 0 spiro atoms. The van der Waals surface area contributed by atoms with Gasteiger partial charge in [-0.25, -0.2) is 0 Å². The van der Waals surface area contributed by atoms with Gasteiger partial charge in [-0.05, 0) is 45.0 Å². The zero-order valence-corrected chi connectivity index (χ0v) is 17.6. The van der Waals surface area contributed by atoms with Gasteiger partial charge in [0.05, 0.1) is 0 Å². The van der Waals surface area contributed by atoms with Crippen LogP contribution in [0.3, 0.4) is 0 Å². The maximum absolute atomic E-state index is 2.31. The van der Waals surface area contributed by atoms with Crippen LogP contribution in [-0.4, -0.2) is 0 Å². The summed E-state index contributed by atoms with van der Waals surface area (Å²) in [6.45, 7) is 4.25. The molecule has 0 unspecified atom stereocenters. The van der Waals surface area contributed by atoms with Crippen molar-refractivity contribution in [1.82, 2.24) is 0 Å². The lowest BCUT2D eigenvalue weighted by molar-refractivity contribution is 1.09. The first kappa shape index (κ1) is 20.1. The Morgan fingerprint density at radius 2 is 0.821 bits per heavy atom. The van der Waals surface area contributed by atoms with Gasteiger partial charge in [0.2, 0.25) is 0 Å². The van der Waals surface area contributed by atoms with Crippen LogP contribution in [-0.2, 0) is 0 Å². The van der Waals surface area contributed by atoms with Gasteiger partial charge in [0, 0.05) is 0 Å². The third kappa shape index (κ3) is 5.65. The van der Waals surface area contributed by atoms with Gasteiger partial charge in [-0.15, -0.1) is 0 Å². The topological polar surface area (TPSA) is 0 Å². The van der Waals surface area contributed by atoms with Crippen LogP contribution in [0.1, 0.15) is 20.3 Å². The Morgan fingerprint density at radius 1 is 0.464 bits per heavy atom. The van der Waals surface area contributed by atoms with Crippen LogP contribution in [0.4, 0.5) is 0 Å². The SMILES string of the molecule is CCC.c1ccc(-c2cccc(Pc3cccc(-c4ccccc4)c3)c2)cc1. The Labute approximate surface area is 171 Å². The molecule has 0 atom stereocenters. The highest BCUT2D eigenvalue weighted by atomic mass is 31.1. The highest BCUT2D eigenvalue weighted by Gasteiger charge is 2.02. The molecule has 0 saturated carbocycles. The lowest BCUT2D eigenvalue weighted by atomic mass is 10.1. The Morgan fingerprint density at radius 3 is 1.21 bits per heavy atom. The maximum atomic E-state index is 2.31. The van der Waals surface area contributed by atoms with Crippen LogP contribution in [0.2, 0.25) is 0 Å². The molecule has 0 N–H and O–H groups in total. The van der Waals surface area contributed by atoms with Crippen molar-refractivity contribution in [2.75, 3.05) is 0 Å². The molecule has 0 fully saturated rings. The minimum absolute atomic E-state index is 0.659. The van der Waals surface area contributed by atoms with Gasteiger partial charge < -0.3 is 0 Å². The first-order chi connectivity index (χ1) is 13.8. The molecule has 4 aromatic rings.